The van der Waals surface area contributed by atoms with E-state index in [2.05, 4.69) is 10.3 Å². The van der Waals surface area contributed by atoms with Gasteiger partial charge in [-0.05, 0) is 65.8 Å². The van der Waals surface area contributed by atoms with Crippen molar-refractivity contribution in [3.63, 3.8) is 0 Å². The minimum atomic E-state index is -5.08. The number of hydrogen-bond acceptors (Lipinski definition) is 14. The van der Waals surface area contributed by atoms with Crippen molar-refractivity contribution < 1.29 is 84.7 Å². The minimum absolute atomic E-state index is 0.00573. The first-order chi connectivity index (χ1) is 38.4. The highest BCUT2D eigenvalue weighted by Crippen LogP contribution is 2.42. The van der Waals surface area contributed by atoms with Gasteiger partial charge in [0.1, 0.15) is 17.4 Å². The largest absolute Gasteiger partial charge is 0.490 e. The van der Waals surface area contributed by atoms with Crippen LogP contribution in [0.4, 0.5) is 22.0 Å². The van der Waals surface area contributed by atoms with E-state index in [0.717, 1.165) is 35.5 Å². The maximum atomic E-state index is 15.4. The fraction of sp³-hybridized carbons (Fsp3) is 0.500. The first kappa shape index (κ1) is 68.6. The molecular weight excluding hydrogens is 1090 g/mol. The first-order valence-electron chi connectivity index (χ1n) is 26.0. The van der Waals surface area contributed by atoms with Crippen LogP contribution in [0.25, 0.3) is 11.1 Å². The second kappa shape index (κ2) is 36.0. The summed E-state index contributed by atoms with van der Waals surface area (Å²) in [6, 6.07) is 15.9. The van der Waals surface area contributed by atoms with Gasteiger partial charge in [-0.1, -0.05) is 51.1 Å². The number of carbonyl (C=O) groups excluding carboxylic acids is 5. The minimum Gasteiger partial charge on any atom is -0.481 e. The molecule has 2 heterocycles. The van der Waals surface area contributed by atoms with E-state index in [4.69, 9.17) is 40.3 Å². The summed E-state index contributed by atoms with van der Waals surface area (Å²) in [6.45, 7) is 9.37. The number of primary amides is 1. The molecule has 19 nitrogen and oxygen atoms in total. The predicted molar refractivity (Wildman–Crippen MR) is 290 cm³/mol. The second-order valence-electron chi connectivity index (χ2n) is 19.6. The molecule has 0 fully saturated rings. The highest BCUT2D eigenvalue weighted by Gasteiger charge is 2.39. The molecule has 0 bridgehead atoms. The number of nitrogens with two attached hydrogens (primary N) is 2. The van der Waals surface area contributed by atoms with Crippen molar-refractivity contribution in [1.82, 2.24) is 19.8 Å². The van der Waals surface area contributed by atoms with Gasteiger partial charge in [-0.25, -0.2) is 13.6 Å². The summed E-state index contributed by atoms with van der Waals surface area (Å²) >= 11 is 1.08. The van der Waals surface area contributed by atoms with Crippen LogP contribution in [0.5, 0.6) is 0 Å². The van der Waals surface area contributed by atoms with Crippen molar-refractivity contribution in [3.05, 3.63) is 114 Å². The molecule has 81 heavy (non-hydrogen) atoms. The zero-order valence-electron chi connectivity index (χ0n) is 45.6. The summed E-state index contributed by atoms with van der Waals surface area (Å²) in [5.41, 5.74) is 12.8. The van der Waals surface area contributed by atoms with Gasteiger partial charge in [0, 0.05) is 80.1 Å². The lowest BCUT2D eigenvalue weighted by Crippen LogP contribution is -2.44. The van der Waals surface area contributed by atoms with Crippen molar-refractivity contribution in [2.75, 3.05) is 77.5 Å². The van der Waals surface area contributed by atoms with Crippen molar-refractivity contribution in [2.45, 2.75) is 90.5 Å². The number of rotatable bonds is 37. The molecule has 3 amide bonds. The van der Waals surface area contributed by atoms with E-state index in [-0.39, 0.29) is 93.6 Å². The van der Waals surface area contributed by atoms with Gasteiger partial charge >= 0.3 is 18.1 Å². The van der Waals surface area contributed by atoms with Crippen LogP contribution in [0.2, 0.25) is 0 Å². The smallest absolute Gasteiger partial charge is 0.481 e. The summed E-state index contributed by atoms with van der Waals surface area (Å²) in [7, 11) is 0. The average Bonchev–Trinajstić information content (AvgIpc) is 3.93. The first-order valence-corrected chi connectivity index (χ1v) is 27.2. The number of carboxylic acid groups (broad SMARTS) is 2. The predicted octanol–water partition coefficient (Wildman–Crippen LogP) is 6.58. The van der Waals surface area contributed by atoms with Gasteiger partial charge in [0.2, 0.25) is 17.7 Å². The lowest BCUT2D eigenvalue weighted by molar-refractivity contribution is -0.192. The van der Waals surface area contributed by atoms with E-state index in [1.54, 1.807) is 29.3 Å². The lowest BCUT2D eigenvalue weighted by Gasteiger charge is -2.41. The van der Waals surface area contributed by atoms with Crippen molar-refractivity contribution in [2.24, 2.45) is 22.8 Å². The summed E-state index contributed by atoms with van der Waals surface area (Å²) in [5, 5.41) is 19.9. The number of carboxylic acids is 2. The maximum Gasteiger partial charge on any atom is 0.490 e. The Morgan fingerprint density at radius 2 is 1.38 bits per heavy atom. The Hall–Kier alpha value is -6.64. The van der Waals surface area contributed by atoms with Gasteiger partial charge in [0.25, 0.3) is 0 Å². The standard InChI is InChI=1S/C54H72F2N6O11S.C2HF3O2/c1-54(2,3)52(47-31-40(44-32-42(55)12-13-45(44)56)35-61(47)34-39-9-5-4-6-10-39)62(20-8-7-11-48(64)46(33-49(58)65)60-50(66)29-38-14-18-59-19-15-38)51(67)37-74-36-41(53(68)69)30-43(63)16-21-70-23-25-72-27-28-73-26-24-71-22-17-57;3-2(4,5)1(6)7/h4-6,9-10,12-15,18-19,31-32,35,41,46,52H,7-8,11,16-17,20-30,33-34,36-37,57H2,1-3H3,(H2,58,65)(H,60,66)(H,68,69);(H,6,7)/t41-,46-,52-;/m0./s1. The molecular formula is C56H73F5N6O13S. The number of thioether (sulfide) groups is 1. The molecule has 446 valence electrons. The molecule has 3 atom stereocenters. The van der Waals surface area contributed by atoms with Gasteiger partial charge in [0.15, 0.2) is 5.78 Å². The quantitative estimate of drug-likeness (QED) is 0.0236. The fourth-order valence-corrected chi connectivity index (χ4v) is 9.14. The van der Waals surface area contributed by atoms with Gasteiger partial charge in [0.05, 0.1) is 89.5 Å². The van der Waals surface area contributed by atoms with Crippen LogP contribution in [-0.2, 0) is 65.5 Å². The monoisotopic (exact) mass is 1160 g/mol. The number of aromatic nitrogens is 2. The Balaban J connectivity index is 0.00000230. The van der Waals surface area contributed by atoms with Crippen molar-refractivity contribution in [3.8, 4) is 11.1 Å². The molecule has 7 N–H and O–H groups in total. The van der Waals surface area contributed by atoms with Gasteiger partial charge in [-0.2, -0.15) is 24.9 Å². The fourth-order valence-electron chi connectivity index (χ4n) is 8.14. The molecule has 0 spiro atoms. The number of ketones is 2. The molecule has 0 saturated carbocycles. The number of alkyl halides is 3. The molecule has 2 aromatic carbocycles. The van der Waals surface area contributed by atoms with Crippen molar-refractivity contribution >= 4 is 53.0 Å². The van der Waals surface area contributed by atoms with Crippen molar-refractivity contribution in [1.29, 1.82) is 0 Å². The Morgan fingerprint density at radius 1 is 0.778 bits per heavy atom. The number of hydrogen-bond donors (Lipinski definition) is 5. The number of nitrogens with zero attached hydrogens (tertiary/aromatic N) is 3. The maximum absolute atomic E-state index is 15.4. The normalized spacial score (nSPS) is 12.6. The van der Waals surface area contributed by atoms with Crippen LogP contribution in [0.15, 0.2) is 85.3 Å². The molecule has 0 aliphatic rings. The number of nitrogens with one attached hydrogen (secondary N) is 1. The Morgan fingerprint density at radius 3 is 1.95 bits per heavy atom. The Labute approximate surface area is 471 Å². The number of amides is 3. The van der Waals surface area contributed by atoms with E-state index >= 15 is 4.39 Å². The number of halogens is 5. The van der Waals surface area contributed by atoms with E-state index in [1.165, 1.54) is 12.4 Å². The number of ether oxygens (including phenoxy) is 4. The highest BCUT2D eigenvalue weighted by molar-refractivity contribution is 7.99. The zero-order valence-corrected chi connectivity index (χ0v) is 46.5. The molecule has 0 aliphatic carbocycles. The lowest BCUT2D eigenvalue weighted by atomic mass is 9.82. The topological polar surface area (TPSA) is 282 Å². The average molecular weight is 1170 g/mol. The van der Waals surface area contributed by atoms with Crippen LogP contribution in [-0.4, -0.2) is 156 Å². The third kappa shape index (κ3) is 26.7. The molecule has 0 unspecified atom stereocenters. The number of benzene rings is 2. The van der Waals surface area contributed by atoms with Crippen LogP contribution in [0, 0.1) is 23.0 Å². The molecule has 0 aliphatic heterocycles. The van der Waals surface area contributed by atoms with E-state index in [0.29, 0.717) is 62.9 Å². The van der Waals surface area contributed by atoms with E-state index < -0.39 is 77.2 Å². The molecule has 4 aromatic rings. The number of aliphatic carboxylic acids is 2. The summed E-state index contributed by atoms with van der Waals surface area (Å²) < 4.78 is 85.4. The Kier molecular flexibility index (Phi) is 30.5. The highest BCUT2D eigenvalue weighted by atomic mass is 32.2. The summed E-state index contributed by atoms with van der Waals surface area (Å²) in [5.74, 6) is -8.86. The van der Waals surface area contributed by atoms with Crippen LogP contribution in [0.3, 0.4) is 0 Å². The number of unbranched alkanes of at least 4 members (excludes halogenated alkanes) is 1. The SMILES string of the molecule is CC(C)(C)[C@H](c1cc(-c2cc(F)ccc2F)cn1Cc1ccccc1)N(CCCCC(=O)[C@H](CC(N)=O)NC(=O)Cc1ccncc1)C(=O)CSC[C@H](CC(=O)CCOCCOCCOCCOCCN)C(=O)O.O=C(O)C(F)(F)F. The van der Waals surface area contributed by atoms with Gasteiger partial charge in [-0.15, -0.1) is 0 Å². The number of pyridine rings is 1. The van der Waals surface area contributed by atoms with Gasteiger partial charge < -0.3 is 55.4 Å². The zero-order chi connectivity index (χ0) is 60.0. The van der Waals surface area contributed by atoms with Gasteiger partial charge in [-0.3, -0.25) is 33.8 Å². The van der Waals surface area contributed by atoms with Crippen LogP contribution >= 0.6 is 11.8 Å². The molecule has 0 radical (unpaired) electrons. The number of Topliss-reactive ketones (excluding diaryl/α,β-unsaturated/α-hetero) is 2. The summed E-state index contributed by atoms with van der Waals surface area (Å²) in [6.07, 6.45) is -0.539. The second-order valence-corrected chi connectivity index (χ2v) is 20.6. The van der Waals surface area contributed by atoms with Crippen LogP contribution in [0.1, 0.15) is 82.2 Å². The van der Waals surface area contributed by atoms with Crippen LogP contribution < -0.4 is 16.8 Å². The summed E-state index contributed by atoms with van der Waals surface area (Å²) in [4.78, 5) is 93.2. The molecule has 0 saturated heterocycles. The van der Waals surface area contributed by atoms with E-state index in [9.17, 15) is 51.4 Å². The third-order valence-electron chi connectivity index (χ3n) is 11.9. The Bertz CT molecular complexity index is 2610. The van der Waals surface area contributed by atoms with E-state index in [1.807, 2.05) is 55.7 Å². The number of carbonyl (C=O) groups is 7. The molecule has 4 rings (SSSR count). The molecule has 2 aromatic heterocycles. The molecule has 25 heteroatoms. The third-order valence-corrected chi connectivity index (χ3v) is 13.0.